The first-order chi connectivity index (χ1) is 8.15. The zero-order valence-electron chi connectivity index (χ0n) is 9.69. The van der Waals surface area contributed by atoms with E-state index in [1.807, 2.05) is 13.0 Å². The molecule has 1 heterocycles. The van der Waals surface area contributed by atoms with Gasteiger partial charge in [0.2, 0.25) is 0 Å². The van der Waals surface area contributed by atoms with E-state index in [9.17, 15) is 4.79 Å². The molecule has 0 aromatic carbocycles. The molecule has 0 aliphatic rings. The van der Waals surface area contributed by atoms with Gasteiger partial charge < -0.3 is 10.1 Å². The highest BCUT2D eigenvalue weighted by molar-refractivity contribution is 7.80. The van der Waals surface area contributed by atoms with Crippen LogP contribution in [0.4, 0.5) is 10.6 Å². The van der Waals surface area contributed by atoms with Gasteiger partial charge in [-0.2, -0.15) is 5.10 Å². The number of amides is 1. The molecule has 92 valence electrons. The summed E-state index contributed by atoms with van der Waals surface area (Å²) in [6.07, 6.45) is 0.224. The van der Waals surface area contributed by atoms with Crippen LogP contribution < -0.4 is 10.6 Å². The van der Waals surface area contributed by atoms with E-state index >= 15 is 0 Å². The summed E-state index contributed by atoms with van der Waals surface area (Å²) in [5.74, 6) is 0.476. The van der Waals surface area contributed by atoms with Crippen molar-refractivity contribution in [2.75, 3.05) is 11.9 Å². The molecule has 0 aliphatic carbocycles. The molecule has 0 fully saturated rings. The van der Waals surface area contributed by atoms with Gasteiger partial charge in [0.1, 0.15) is 0 Å². The van der Waals surface area contributed by atoms with Crippen LogP contribution in [0.25, 0.3) is 0 Å². The number of carbonyl (C=O) groups is 1. The van der Waals surface area contributed by atoms with Gasteiger partial charge in [-0.1, -0.05) is 6.92 Å². The van der Waals surface area contributed by atoms with Gasteiger partial charge in [-0.25, -0.2) is 4.79 Å². The third kappa shape index (κ3) is 4.73. The number of alkyl carbamates (subject to hydrolysis) is 1. The van der Waals surface area contributed by atoms with Gasteiger partial charge in [0, 0.05) is 0 Å². The summed E-state index contributed by atoms with van der Waals surface area (Å²) in [5, 5.41) is 13.1. The molecular formula is C10H14N4O2S. The molecule has 0 aliphatic heterocycles. The Kier molecular flexibility index (Phi) is 5.28. The number of thiocarbonyl (C=S) groups is 1. The number of nitrogens with one attached hydrogen (secondary N) is 2. The minimum atomic E-state index is -0.594. The Balaban J connectivity index is 2.47. The second kappa shape index (κ2) is 6.74. The average molecular weight is 254 g/mol. The summed E-state index contributed by atoms with van der Waals surface area (Å²) in [6, 6.07) is 3.58. The summed E-state index contributed by atoms with van der Waals surface area (Å²) >= 11 is 4.90. The molecule has 7 heteroatoms. The van der Waals surface area contributed by atoms with Gasteiger partial charge >= 0.3 is 6.09 Å². The maximum Gasteiger partial charge on any atom is 0.413 e. The predicted octanol–water partition coefficient (Wildman–Crippen LogP) is 1.48. The maximum absolute atomic E-state index is 11.0. The lowest BCUT2D eigenvalue weighted by Crippen LogP contribution is -2.34. The molecule has 1 amide bonds. The van der Waals surface area contributed by atoms with Gasteiger partial charge in [-0.3, -0.25) is 5.32 Å². The van der Waals surface area contributed by atoms with Crippen molar-refractivity contribution in [2.24, 2.45) is 0 Å². The normalized spacial score (nSPS) is 9.53. The van der Waals surface area contributed by atoms with Crippen molar-refractivity contribution >= 4 is 29.2 Å². The van der Waals surface area contributed by atoms with E-state index in [1.54, 1.807) is 13.0 Å². The Morgan fingerprint density at radius 1 is 1.41 bits per heavy atom. The fourth-order valence-corrected chi connectivity index (χ4v) is 1.21. The molecule has 0 spiro atoms. The van der Waals surface area contributed by atoms with Crippen molar-refractivity contribution in [3.8, 4) is 0 Å². The van der Waals surface area contributed by atoms with Crippen LogP contribution in [-0.4, -0.2) is 28.0 Å². The van der Waals surface area contributed by atoms with E-state index in [0.29, 0.717) is 12.4 Å². The number of carbonyl (C=O) groups excluding carboxylic acids is 1. The first-order valence-electron chi connectivity index (χ1n) is 5.23. The number of aryl methyl sites for hydroxylation is 1. The molecule has 0 radical (unpaired) electrons. The van der Waals surface area contributed by atoms with Crippen molar-refractivity contribution in [3.05, 3.63) is 17.8 Å². The molecule has 0 bridgehead atoms. The average Bonchev–Trinajstić information content (AvgIpc) is 2.30. The van der Waals surface area contributed by atoms with E-state index < -0.39 is 6.09 Å². The highest BCUT2D eigenvalue weighted by Crippen LogP contribution is 2.02. The fraction of sp³-hybridized carbons (Fsp3) is 0.400. The Morgan fingerprint density at radius 2 is 2.18 bits per heavy atom. The minimum absolute atomic E-state index is 0.127. The zero-order chi connectivity index (χ0) is 12.7. The lowest BCUT2D eigenvalue weighted by Gasteiger charge is -2.08. The van der Waals surface area contributed by atoms with Crippen LogP contribution in [0.1, 0.15) is 19.5 Å². The molecule has 0 unspecified atom stereocenters. The minimum Gasteiger partial charge on any atom is -0.450 e. The highest BCUT2D eigenvalue weighted by Gasteiger charge is 2.05. The van der Waals surface area contributed by atoms with E-state index in [2.05, 4.69) is 25.6 Å². The summed E-state index contributed by atoms with van der Waals surface area (Å²) in [6.45, 7) is 3.99. The van der Waals surface area contributed by atoms with E-state index in [4.69, 9.17) is 12.2 Å². The van der Waals surface area contributed by atoms with Crippen LogP contribution in [0.2, 0.25) is 0 Å². The van der Waals surface area contributed by atoms with Crippen LogP contribution in [0.3, 0.4) is 0 Å². The van der Waals surface area contributed by atoms with E-state index in [1.165, 1.54) is 0 Å². The molecule has 0 saturated carbocycles. The Hall–Kier alpha value is -1.76. The number of aromatic nitrogens is 2. The third-order valence-corrected chi connectivity index (χ3v) is 2.02. The molecular weight excluding hydrogens is 240 g/mol. The highest BCUT2D eigenvalue weighted by atomic mass is 32.1. The van der Waals surface area contributed by atoms with Crippen molar-refractivity contribution in [1.82, 2.24) is 15.5 Å². The van der Waals surface area contributed by atoms with Gasteiger partial charge in [-0.15, -0.1) is 5.10 Å². The van der Waals surface area contributed by atoms with Gasteiger partial charge in [0.05, 0.1) is 12.3 Å². The molecule has 6 nitrogen and oxygen atoms in total. The molecule has 1 aromatic rings. The largest absolute Gasteiger partial charge is 0.450 e. The zero-order valence-corrected chi connectivity index (χ0v) is 10.5. The number of anilines is 1. The van der Waals surface area contributed by atoms with Gasteiger partial charge in [0.15, 0.2) is 10.9 Å². The Morgan fingerprint density at radius 3 is 2.71 bits per heavy atom. The van der Waals surface area contributed by atoms with Crippen molar-refractivity contribution in [2.45, 2.75) is 20.3 Å². The van der Waals surface area contributed by atoms with Gasteiger partial charge in [0.25, 0.3) is 0 Å². The number of hydrogen-bond acceptors (Lipinski definition) is 5. The summed E-state index contributed by atoms with van der Waals surface area (Å²) in [4.78, 5) is 11.0. The van der Waals surface area contributed by atoms with Crippen LogP contribution >= 0.6 is 12.2 Å². The monoisotopic (exact) mass is 254 g/mol. The van der Waals surface area contributed by atoms with Gasteiger partial charge in [-0.05, 0) is 37.7 Å². The SMILES string of the molecule is CCOC(=O)NC(=S)Nc1ccc(CC)nn1. The summed E-state index contributed by atoms with van der Waals surface area (Å²) in [5.41, 5.74) is 0.889. The first-order valence-corrected chi connectivity index (χ1v) is 5.63. The van der Waals surface area contributed by atoms with Crippen molar-refractivity contribution < 1.29 is 9.53 Å². The van der Waals surface area contributed by atoms with Crippen molar-refractivity contribution in [3.63, 3.8) is 0 Å². The Labute approximate surface area is 105 Å². The quantitative estimate of drug-likeness (QED) is 0.796. The number of nitrogens with zero attached hydrogens (tertiary/aromatic N) is 2. The van der Waals surface area contributed by atoms with Crippen LogP contribution in [0.15, 0.2) is 12.1 Å². The standard InChI is InChI=1S/C10H14N4O2S/c1-3-7-5-6-8(14-13-7)11-9(17)12-10(15)16-4-2/h5-6H,3-4H2,1-2H3,(H2,11,12,14,15,17). The first kappa shape index (κ1) is 13.3. The number of rotatable bonds is 3. The lowest BCUT2D eigenvalue weighted by molar-refractivity contribution is 0.158. The molecule has 2 N–H and O–H groups in total. The summed E-state index contributed by atoms with van der Waals surface area (Å²) in [7, 11) is 0. The fourth-order valence-electron chi connectivity index (χ4n) is 1.02. The topological polar surface area (TPSA) is 76.1 Å². The predicted molar refractivity (Wildman–Crippen MR) is 67.8 cm³/mol. The van der Waals surface area contributed by atoms with E-state index in [-0.39, 0.29) is 5.11 Å². The molecule has 1 aromatic heterocycles. The molecule has 17 heavy (non-hydrogen) atoms. The second-order valence-electron chi connectivity index (χ2n) is 3.06. The molecule has 0 atom stereocenters. The molecule has 0 saturated heterocycles. The van der Waals surface area contributed by atoms with Crippen LogP contribution in [0.5, 0.6) is 0 Å². The Bertz CT molecular complexity index is 394. The van der Waals surface area contributed by atoms with Crippen LogP contribution in [0, 0.1) is 0 Å². The molecule has 1 rings (SSSR count). The summed E-state index contributed by atoms with van der Waals surface area (Å²) < 4.78 is 4.67. The number of ether oxygens (including phenoxy) is 1. The van der Waals surface area contributed by atoms with Crippen molar-refractivity contribution in [1.29, 1.82) is 0 Å². The third-order valence-electron chi connectivity index (χ3n) is 1.81. The second-order valence-corrected chi connectivity index (χ2v) is 3.47. The smallest absolute Gasteiger partial charge is 0.413 e. The maximum atomic E-state index is 11.0. The van der Waals surface area contributed by atoms with E-state index in [0.717, 1.165) is 12.1 Å². The lowest BCUT2D eigenvalue weighted by atomic mass is 10.3. The number of hydrogen-bond donors (Lipinski definition) is 2. The van der Waals surface area contributed by atoms with Crippen LogP contribution in [-0.2, 0) is 11.2 Å².